The van der Waals surface area contributed by atoms with Gasteiger partial charge in [-0.1, -0.05) is 6.92 Å². The van der Waals surface area contributed by atoms with Crippen LogP contribution in [-0.4, -0.2) is 41.0 Å². The molecule has 7 atom stereocenters. The zero-order chi connectivity index (χ0) is 19.0. The molecule has 2 saturated heterocycles. The molecular weight excluding hydrogens is 352 g/mol. The molecule has 0 unspecified atom stereocenters. The van der Waals surface area contributed by atoms with Crippen LogP contribution in [0.1, 0.15) is 37.9 Å². The van der Waals surface area contributed by atoms with Crippen LogP contribution in [-0.2, 0) is 19.1 Å². The van der Waals surface area contributed by atoms with Gasteiger partial charge >= 0.3 is 11.9 Å². The zero-order valence-electron chi connectivity index (χ0n) is 15.0. The number of aliphatic hydroxyl groups is 2. The Hall–Kier alpha value is -2.12. The van der Waals surface area contributed by atoms with Crippen molar-refractivity contribution in [3.05, 3.63) is 35.8 Å². The lowest BCUT2D eigenvalue weighted by atomic mass is 9.45. The van der Waals surface area contributed by atoms with Crippen LogP contribution in [0, 0.1) is 22.7 Å². The monoisotopic (exact) mass is 374 g/mol. The first-order valence-corrected chi connectivity index (χ1v) is 9.38. The third-order valence-corrected chi connectivity index (χ3v) is 7.36. The molecule has 0 radical (unpaired) electrons. The van der Waals surface area contributed by atoms with Crippen molar-refractivity contribution in [1.82, 2.24) is 0 Å². The summed E-state index contributed by atoms with van der Waals surface area (Å²) in [5, 5.41) is 21.4. The first kappa shape index (κ1) is 17.0. The van der Waals surface area contributed by atoms with Crippen LogP contribution in [0.15, 0.2) is 34.7 Å². The second kappa shape index (κ2) is 5.45. The predicted octanol–water partition coefficient (Wildman–Crippen LogP) is 1.51. The van der Waals surface area contributed by atoms with Crippen molar-refractivity contribution >= 4 is 11.9 Å². The molecule has 2 aliphatic carbocycles. The minimum absolute atomic E-state index is 0.0361. The summed E-state index contributed by atoms with van der Waals surface area (Å²) in [7, 11) is 0. The number of hydrogen-bond donors (Lipinski definition) is 2. The van der Waals surface area contributed by atoms with E-state index in [1.54, 1.807) is 18.6 Å². The molecular formula is C20H22O7. The summed E-state index contributed by atoms with van der Waals surface area (Å²) < 4.78 is 16.2. The maximum Gasteiger partial charge on any atom is 0.334 e. The first-order valence-electron chi connectivity index (χ1n) is 9.38. The van der Waals surface area contributed by atoms with Crippen molar-refractivity contribution in [2.45, 2.75) is 44.5 Å². The van der Waals surface area contributed by atoms with Crippen molar-refractivity contribution < 1.29 is 33.7 Å². The minimum Gasteiger partial charge on any atom is -0.472 e. The maximum atomic E-state index is 13.2. The molecule has 2 spiro atoms. The molecule has 0 aromatic carbocycles. The SMILES string of the molecule is C[C@@H]1C[C@@H](O)[C@@]23COC(=O)C2=C[C@@H](O)C[C@@H]3[C@@]12C[C@@H](c1ccoc1)OC2=O. The van der Waals surface area contributed by atoms with Crippen LogP contribution in [0.4, 0.5) is 0 Å². The molecule has 3 fully saturated rings. The summed E-state index contributed by atoms with van der Waals surface area (Å²) in [5.74, 6) is -1.44. The number of carbonyl (C=O) groups is 2. The molecule has 4 aliphatic rings. The fourth-order valence-electron chi connectivity index (χ4n) is 6.03. The standard InChI is InChI=1S/C20H22O7/c1-10-4-16(22)20-9-26-17(23)13(20)5-12(21)6-15(20)19(10)7-14(27-18(19)24)11-2-3-25-8-11/h2-3,5,8,10,12,14-16,21-22H,4,6-7,9H2,1H3/t10-,12-,14+,15-,16-,19-,20+/m1/s1. The Morgan fingerprint density at radius 1 is 1.19 bits per heavy atom. The topological polar surface area (TPSA) is 106 Å². The van der Waals surface area contributed by atoms with Gasteiger partial charge in [0.1, 0.15) is 12.7 Å². The van der Waals surface area contributed by atoms with Gasteiger partial charge in [0.25, 0.3) is 0 Å². The van der Waals surface area contributed by atoms with Gasteiger partial charge in [-0.25, -0.2) is 4.79 Å². The number of fused-ring (bicyclic) bond motifs is 1. The Kier molecular flexibility index (Phi) is 3.44. The Morgan fingerprint density at radius 2 is 2.00 bits per heavy atom. The van der Waals surface area contributed by atoms with E-state index in [0.717, 1.165) is 5.56 Å². The fourth-order valence-corrected chi connectivity index (χ4v) is 6.03. The third-order valence-electron chi connectivity index (χ3n) is 7.36. The number of aliphatic hydroxyl groups excluding tert-OH is 2. The summed E-state index contributed by atoms with van der Waals surface area (Å²) >= 11 is 0. The van der Waals surface area contributed by atoms with Crippen LogP contribution in [0.3, 0.4) is 0 Å². The first-order chi connectivity index (χ1) is 12.9. The van der Waals surface area contributed by atoms with Crippen LogP contribution >= 0.6 is 0 Å². The number of esters is 2. The van der Waals surface area contributed by atoms with E-state index in [2.05, 4.69) is 0 Å². The molecule has 1 saturated carbocycles. The van der Waals surface area contributed by atoms with Gasteiger partial charge in [0, 0.05) is 17.6 Å². The maximum absolute atomic E-state index is 13.2. The Labute approximate surface area is 155 Å². The molecule has 3 heterocycles. The molecule has 7 heteroatoms. The summed E-state index contributed by atoms with van der Waals surface area (Å²) in [4.78, 5) is 25.6. The Morgan fingerprint density at radius 3 is 2.74 bits per heavy atom. The number of carbonyl (C=O) groups excluding carboxylic acids is 2. The lowest BCUT2D eigenvalue weighted by Crippen LogP contribution is -2.62. The molecule has 1 aromatic heterocycles. The van der Waals surface area contributed by atoms with Crippen molar-refractivity contribution in [3.8, 4) is 0 Å². The average molecular weight is 374 g/mol. The van der Waals surface area contributed by atoms with E-state index in [9.17, 15) is 19.8 Å². The van der Waals surface area contributed by atoms with Crippen molar-refractivity contribution in [1.29, 1.82) is 0 Å². The average Bonchev–Trinajstić information content (AvgIpc) is 3.33. The van der Waals surface area contributed by atoms with Gasteiger partial charge in [-0.05, 0) is 36.8 Å². The number of cyclic esters (lactones) is 2. The van der Waals surface area contributed by atoms with E-state index in [-0.39, 0.29) is 24.9 Å². The lowest BCUT2D eigenvalue weighted by Gasteiger charge is -2.56. The van der Waals surface area contributed by atoms with Crippen molar-refractivity contribution in [2.24, 2.45) is 22.7 Å². The Balaban J connectivity index is 1.64. The number of ether oxygens (including phenoxy) is 2. The normalized spacial score (nSPS) is 45.9. The van der Waals surface area contributed by atoms with E-state index >= 15 is 0 Å². The Bertz CT molecular complexity index is 827. The number of furan rings is 1. The third kappa shape index (κ3) is 1.99. The molecule has 0 amide bonds. The quantitative estimate of drug-likeness (QED) is 0.718. The van der Waals surface area contributed by atoms with Crippen molar-refractivity contribution in [2.75, 3.05) is 6.61 Å². The van der Waals surface area contributed by atoms with Crippen LogP contribution < -0.4 is 0 Å². The molecule has 5 rings (SSSR count). The highest BCUT2D eigenvalue weighted by molar-refractivity contribution is 5.94. The van der Waals surface area contributed by atoms with Gasteiger partial charge in [0.2, 0.25) is 0 Å². The summed E-state index contributed by atoms with van der Waals surface area (Å²) in [6, 6.07) is 1.78. The van der Waals surface area contributed by atoms with Crippen molar-refractivity contribution in [3.63, 3.8) is 0 Å². The van der Waals surface area contributed by atoms with E-state index < -0.39 is 41.0 Å². The van der Waals surface area contributed by atoms with E-state index in [0.29, 0.717) is 18.4 Å². The smallest absolute Gasteiger partial charge is 0.334 e. The molecule has 144 valence electrons. The highest BCUT2D eigenvalue weighted by Gasteiger charge is 2.72. The second-order valence-corrected chi connectivity index (χ2v) is 8.40. The van der Waals surface area contributed by atoms with Gasteiger partial charge in [-0.2, -0.15) is 0 Å². The summed E-state index contributed by atoms with van der Waals surface area (Å²) in [6.45, 7) is 1.98. The molecule has 1 aromatic rings. The van der Waals surface area contributed by atoms with Crippen LogP contribution in [0.2, 0.25) is 0 Å². The van der Waals surface area contributed by atoms with Crippen LogP contribution in [0.25, 0.3) is 0 Å². The van der Waals surface area contributed by atoms with E-state index in [1.807, 2.05) is 6.92 Å². The predicted molar refractivity (Wildman–Crippen MR) is 90.0 cm³/mol. The fraction of sp³-hybridized carbons (Fsp3) is 0.600. The molecule has 0 bridgehead atoms. The van der Waals surface area contributed by atoms with Gasteiger partial charge in [-0.15, -0.1) is 0 Å². The largest absolute Gasteiger partial charge is 0.472 e. The lowest BCUT2D eigenvalue weighted by molar-refractivity contribution is -0.176. The minimum atomic E-state index is -0.965. The highest BCUT2D eigenvalue weighted by Crippen LogP contribution is 2.67. The number of hydrogen-bond acceptors (Lipinski definition) is 7. The summed E-state index contributed by atoms with van der Waals surface area (Å²) in [6.07, 6.45) is 3.58. The zero-order valence-corrected chi connectivity index (χ0v) is 15.0. The summed E-state index contributed by atoms with van der Waals surface area (Å²) in [5.41, 5.74) is -0.758. The molecule has 2 N–H and O–H groups in total. The van der Waals surface area contributed by atoms with Gasteiger partial charge in [-0.3, -0.25) is 4.79 Å². The highest BCUT2D eigenvalue weighted by atomic mass is 16.6. The second-order valence-electron chi connectivity index (χ2n) is 8.40. The molecule has 7 nitrogen and oxygen atoms in total. The van der Waals surface area contributed by atoms with Gasteiger partial charge < -0.3 is 24.1 Å². The van der Waals surface area contributed by atoms with E-state index in [1.165, 1.54) is 6.08 Å². The van der Waals surface area contributed by atoms with E-state index in [4.69, 9.17) is 13.9 Å². The number of rotatable bonds is 1. The van der Waals surface area contributed by atoms with Gasteiger partial charge in [0.15, 0.2) is 0 Å². The van der Waals surface area contributed by atoms with Gasteiger partial charge in [0.05, 0.1) is 35.6 Å². The molecule has 27 heavy (non-hydrogen) atoms. The van der Waals surface area contributed by atoms with Crippen LogP contribution in [0.5, 0.6) is 0 Å². The molecule has 2 aliphatic heterocycles.